The van der Waals surface area contributed by atoms with E-state index in [2.05, 4.69) is 10.3 Å². The number of hydrogen-bond acceptors (Lipinski definition) is 5. The molecule has 0 radical (unpaired) electrons. The molecule has 4 N–H and O–H groups in total. The van der Waals surface area contributed by atoms with Gasteiger partial charge in [0.05, 0.1) is 18.3 Å². The van der Waals surface area contributed by atoms with Crippen molar-refractivity contribution in [1.29, 1.82) is 0 Å². The number of anilines is 1. The molecular formula is C12H19N3O2S. The molecule has 0 aliphatic rings. The number of nitrogens with two attached hydrogens (primary N) is 1. The molecule has 0 aliphatic heterocycles. The molecule has 1 heterocycles. The minimum Gasteiger partial charge on any atom is -0.397 e. The molecule has 0 spiro atoms. The van der Waals surface area contributed by atoms with Crippen LogP contribution in [0.5, 0.6) is 0 Å². The summed E-state index contributed by atoms with van der Waals surface area (Å²) in [6.07, 6.45) is 2.63. The summed E-state index contributed by atoms with van der Waals surface area (Å²) in [5.41, 5.74) is 6.83. The van der Waals surface area contributed by atoms with Crippen molar-refractivity contribution in [3.63, 3.8) is 0 Å². The minimum absolute atomic E-state index is 0.0324. The molecule has 1 aromatic heterocycles. The number of amides is 1. The van der Waals surface area contributed by atoms with Crippen LogP contribution >= 0.6 is 11.8 Å². The molecule has 0 bridgehead atoms. The Morgan fingerprint density at radius 2 is 2.28 bits per heavy atom. The first-order chi connectivity index (χ1) is 8.72. The number of nitrogen functional groups attached to an aromatic ring is 1. The van der Waals surface area contributed by atoms with Crippen molar-refractivity contribution in [2.45, 2.75) is 12.8 Å². The van der Waals surface area contributed by atoms with E-state index in [4.69, 9.17) is 10.8 Å². The Balaban J connectivity index is 2.12. The second-order valence-corrected chi connectivity index (χ2v) is 5.02. The van der Waals surface area contributed by atoms with Gasteiger partial charge in [0.2, 0.25) is 5.91 Å². The highest BCUT2D eigenvalue weighted by atomic mass is 32.2. The number of pyridine rings is 1. The van der Waals surface area contributed by atoms with Crippen molar-refractivity contribution < 1.29 is 9.90 Å². The number of thioether (sulfide) groups is 1. The first-order valence-electron chi connectivity index (χ1n) is 5.88. The summed E-state index contributed by atoms with van der Waals surface area (Å²) >= 11 is 1.72. The van der Waals surface area contributed by atoms with Gasteiger partial charge < -0.3 is 16.2 Å². The molecule has 0 aliphatic carbocycles. The zero-order chi connectivity index (χ0) is 13.2. The van der Waals surface area contributed by atoms with Gasteiger partial charge in [-0.2, -0.15) is 11.8 Å². The standard InChI is InChI=1S/C12H19N3O2S/c13-10-2-3-11(15-9-10)8-12(17)14-4-7-18-6-1-5-16/h2-3,9,16H,1,4-8,13H2,(H,14,17). The monoisotopic (exact) mass is 269 g/mol. The van der Waals surface area contributed by atoms with E-state index in [0.717, 1.165) is 23.6 Å². The smallest absolute Gasteiger partial charge is 0.226 e. The Morgan fingerprint density at radius 1 is 1.44 bits per heavy atom. The highest BCUT2D eigenvalue weighted by Crippen LogP contribution is 2.02. The van der Waals surface area contributed by atoms with Crippen LogP contribution < -0.4 is 11.1 Å². The summed E-state index contributed by atoms with van der Waals surface area (Å²) in [6.45, 7) is 0.867. The fraction of sp³-hybridized carbons (Fsp3) is 0.500. The number of hydrogen-bond donors (Lipinski definition) is 3. The average molecular weight is 269 g/mol. The third-order valence-electron chi connectivity index (χ3n) is 2.20. The summed E-state index contributed by atoms with van der Waals surface area (Å²) in [4.78, 5) is 15.6. The summed E-state index contributed by atoms with van der Waals surface area (Å²) in [5, 5.41) is 11.4. The van der Waals surface area contributed by atoms with Crippen LogP contribution in [0.25, 0.3) is 0 Å². The molecule has 1 rings (SSSR count). The third-order valence-corrected chi connectivity index (χ3v) is 3.27. The maximum Gasteiger partial charge on any atom is 0.226 e. The number of rotatable bonds is 8. The van der Waals surface area contributed by atoms with Crippen LogP contribution in [0.1, 0.15) is 12.1 Å². The van der Waals surface area contributed by atoms with Crippen LogP contribution in [-0.4, -0.2) is 40.7 Å². The zero-order valence-corrected chi connectivity index (χ0v) is 11.1. The lowest BCUT2D eigenvalue weighted by molar-refractivity contribution is -0.120. The molecule has 0 saturated carbocycles. The predicted molar refractivity (Wildman–Crippen MR) is 74.4 cm³/mol. The Hall–Kier alpha value is -1.27. The van der Waals surface area contributed by atoms with Crippen LogP contribution in [0.2, 0.25) is 0 Å². The van der Waals surface area contributed by atoms with Gasteiger partial charge in [0, 0.05) is 24.6 Å². The molecule has 18 heavy (non-hydrogen) atoms. The second kappa shape index (κ2) is 8.77. The van der Waals surface area contributed by atoms with E-state index in [1.807, 2.05) is 0 Å². The first kappa shape index (κ1) is 14.8. The quantitative estimate of drug-likeness (QED) is 0.596. The second-order valence-electron chi connectivity index (χ2n) is 3.80. The number of carbonyl (C=O) groups is 1. The number of aliphatic hydroxyl groups excluding tert-OH is 1. The van der Waals surface area contributed by atoms with Crippen LogP contribution in [0, 0.1) is 0 Å². The van der Waals surface area contributed by atoms with Crippen molar-refractivity contribution in [3.8, 4) is 0 Å². The number of aliphatic hydroxyl groups is 1. The number of nitrogens with zero attached hydrogens (tertiary/aromatic N) is 1. The lowest BCUT2D eigenvalue weighted by atomic mass is 10.2. The van der Waals surface area contributed by atoms with Crippen molar-refractivity contribution in [2.75, 3.05) is 30.4 Å². The highest BCUT2D eigenvalue weighted by Gasteiger charge is 2.03. The van der Waals surface area contributed by atoms with E-state index >= 15 is 0 Å². The average Bonchev–Trinajstić information content (AvgIpc) is 2.36. The van der Waals surface area contributed by atoms with E-state index in [0.29, 0.717) is 12.2 Å². The maximum absolute atomic E-state index is 11.6. The Morgan fingerprint density at radius 3 is 2.94 bits per heavy atom. The van der Waals surface area contributed by atoms with E-state index in [1.54, 1.807) is 30.1 Å². The van der Waals surface area contributed by atoms with Gasteiger partial charge >= 0.3 is 0 Å². The van der Waals surface area contributed by atoms with Gasteiger partial charge in [-0.05, 0) is 24.3 Å². The largest absolute Gasteiger partial charge is 0.397 e. The molecular weight excluding hydrogens is 250 g/mol. The van der Waals surface area contributed by atoms with Gasteiger partial charge in [-0.15, -0.1) is 0 Å². The molecule has 1 amide bonds. The zero-order valence-electron chi connectivity index (χ0n) is 10.3. The Labute approximate surface area is 111 Å². The molecule has 0 saturated heterocycles. The van der Waals surface area contributed by atoms with Gasteiger partial charge in [-0.25, -0.2) is 0 Å². The minimum atomic E-state index is -0.0324. The van der Waals surface area contributed by atoms with Gasteiger partial charge in [0.1, 0.15) is 0 Å². The normalized spacial score (nSPS) is 10.3. The van der Waals surface area contributed by atoms with Crippen LogP contribution in [0.4, 0.5) is 5.69 Å². The third kappa shape index (κ3) is 6.46. The van der Waals surface area contributed by atoms with E-state index in [9.17, 15) is 4.79 Å². The molecule has 6 heteroatoms. The van der Waals surface area contributed by atoms with Gasteiger partial charge in [0.25, 0.3) is 0 Å². The summed E-state index contributed by atoms with van der Waals surface area (Å²) in [7, 11) is 0. The molecule has 0 unspecified atom stereocenters. The summed E-state index contributed by atoms with van der Waals surface area (Å²) < 4.78 is 0. The van der Waals surface area contributed by atoms with Crippen molar-refractivity contribution in [1.82, 2.24) is 10.3 Å². The van der Waals surface area contributed by atoms with E-state index in [1.165, 1.54) is 0 Å². The topological polar surface area (TPSA) is 88.2 Å². The number of carbonyl (C=O) groups excluding carboxylic acids is 1. The summed E-state index contributed by atoms with van der Waals surface area (Å²) in [6, 6.07) is 3.49. The van der Waals surface area contributed by atoms with Crippen molar-refractivity contribution in [2.24, 2.45) is 0 Å². The number of aromatic nitrogens is 1. The van der Waals surface area contributed by atoms with Crippen LogP contribution in [0.15, 0.2) is 18.3 Å². The Bertz CT molecular complexity index is 357. The molecule has 5 nitrogen and oxygen atoms in total. The fourth-order valence-corrected chi connectivity index (χ4v) is 2.08. The molecule has 1 aromatic rings. The lowest BCUT2D eigenvalue weighted by Gasteiger charge is -2.05. The Kier molecular flexibility index (Phi) is 7.20. The van der Waals surface area contributed by atoms with Gasteiger partial charge in [-0.1, -0.05) is 0 Å². The van der Waals surface area contributed by atoms with Crippen molar-refractivity contribution >= 4 is 23.4 Å². The van der Waals surface area contributed by atoms with Gasteiger partial charge in [0.15, 0.2) is 0 Å². The highest BCUT2D eigenvalue weighted by molar-refractivity contribution is 7.99. The van der Waals surface area contributed by atoms with Crippen LogP contribution in [-0.2, 0) is 11.2 Å². The molecule has 0 aromatic carbocycles. The molecule has 0 fully saturated rings. The molecule has 100 valence electrons. The SMILES string of the molecule is Nc1ccc(CC(=O)NCCSCCCO)nc1. The lowest BCUT2D eigenvalue weighted by Crippen LogP contribution is -2.27. The molecule has 0 atom stereocenters. The van der Waals surface area contributed by atoms with Gasteiger partial charge in [-0.3, -0.25) is 9.78 Å². The fourth-order valence-electron chi connectivity index (χ4n) is 1.30. The summed E-state index contributed by atoms with van der Waals surface area (Å²) in [5.74, 6) is 1.75. The number of nitrogens with one attached hydrogen (secondary N) is 1. The predicted octanol–water partition coefficient (Wildman–Crippen LogP) is 0.438. The van der Waals surface area contributed by atoms with E-state index in [-0.39, 0.29) is 18.9 Å². The first-order valence-corrected chi connectivity index (χ1v) is 7.03. The van der Waals surface area contributed by atoms with Crippen LogP contribution in [0.3, 0.4) is 0 Å². The van der Waals surface area contributed by atoms with E-state index < -0.39 is 0 Å². The van der Waals surface area contributed by atoms with Crippen molar-refractivity contribution in [3.05, 3.63) is 24.0 Å². The maximum atomic E-state index is 11.6.